The van der Waals surface area contributed by atoms with Crippen LogP contribution in [0, 0.1) is 0 Å². The largest absolute Gasteiger partial charge is 0.494 e. The second-order valence-corrected chi connectivity index (χ2v) is 9.01. The summed E-state index contributed by atoms with van der Waals surface area (Å²) in [6, 6.07) is 11.4. The Bertz CT molecular complexity index is 780. The van der Waals surface area contributed by atoms with E-state index in [1.54, 1.807) is 18.3 Å². The van der Waals surface area contributed by atoms with Crippen LogP contribution >= 0.6 is 11.3 Å². The Labute approximate surface area is 177 Å². The van der Waals surface area contributed by atoms with Gasteiger partial charge < -0.3 is 20.5 Å². The Morgan fingerprint density at radius 1 is 1.21 bits per heavy atom. The molecule has 0 bridgehead atoms. The van der Waals surface area contributed by atoms with Gasteiger partial charge in [0, 0.05) is 27.4 Å². The van der Waals surface area contributed by atoms with Crippen molar-refractivity contribution in [1.29, 1.82) is 0 Å². The maximum atomic E-state index is 12.5. The summed E-state index contributed by atoms with van der Waals surface area (Å²) in [5.74, 6) is 0.820. The van der Waals surface area contributed by atoms with E-state index in [0.717, 1.165) is 42.0 Å². The summed E-state index contributed by atoms with van der Waals surface area (Å²) in [4.78, 5) is 14.7. The van der Waals surface area contributed by atoms with E-state index in [4.69, 9.17) is 4.74 Å². The first-order valence-electron chi connectivity index (χ1n) is 10.6. The lowest BCUT2D eigenvalue weighted by Crippen LogP contribution is -2.40. The molecule has 6 heteroatoms. The van der Waals surface area contributed by atoms with Crippen molar-refractivity contribution in [2.24, 2.45) is 0 Å². The first-order chi connectivity index (χ1) is 14.0. The van der Waals surface area contributed by atoms with Gasteiger partial charge in [-0.25, -0.2) is 4.79 Å². The maximum Gasteiger partial charge on any atom is 0.319 e. The number of urea groups is 1. The van der Waals surface area contributed by atoms with Crippen molar-refractivity contribution >= 4 is 23.1 Å². The van der Waals surface area contributed by atoms with Gasteiger partial charge in [0.25, 0.3) is 0 Å². The molecular formula is C23H32N2O3S. The first-order valence-corrected chi connectivity index (χ1v) is 11.4. The molecular weight excluding hydrogens is 384 g/mol. The Balaban J connectivity index is 1.55. The van der Waals surface area contributed by atoms with Gasteiger partial charge in [-0.2, -0.15) is 0 Å². The molecule has 2 aromatic rings. The number of benzene rings is 1. The topological polar surface area (TPSA) is 70.6 Å². The number of unbranched alkanes of at least 4 members (excludes halogenated alkanes) is 1. The number of hydrogen-bond acceptors (Lipinski definition) is 4. The lowest BCUT2D eigenvalue weighted by Gasteiger charge is -2.28. The van der Waals surface area contributed by atoms with E-state index in [9.17, 15) is 9.90 Å². The molecule has 0 saturated heterocycles. The quantitative estimate of drug-likeness (QED) is 0.465. The van der Waals surface area contributed by atoms with Crippen LogP contribution in [0.25, 0.3) is 0 Å². The summed E-state index contributed by atoms with van der Waals surface area (Å²) in [6.07, 6.45) is 6.17. The van der Waals surface area contributed by atoms with Crippen LogP contribution in [0.3, 0.4) is 0 Å². The molecule has 2 amide bonds. The van der Waals surface area contributed by atoms with Crippen LogP contribution in [0.15, 0.2) is 36.4 Å². The van der Waals surface area contributed by atoms with E-state index in [0.29, 0.717) is 13.2 Å². The number of aliphatic hydroxyl groups excluding tert-OH is 1. The SMILES string of the molecule is CCCCOc1ccc(NC(=O)NCC2(c3ccc(C(C)O)s3)CCCC2)cc1. The van der Waals surface area contributed by atoms with Crippen molar-refractivity contribution in [2.75, 3.05) is 18.5 Å². The highest BCUT2D eigenvalue weighted by molar-refractivity contribution is 7.12. The summed E-state index contributed by atoms with van der Waals surface area (Å²) in [7, 11) is 0. The van der Waals surface area contributed by atoms with Crippen molar-refractivity contribution < 1.29 is 14.6 Å². The third-order valence-corrected chi connectivity index (χ3v) is 7.09. The number of ether oxygens (including phenoxy) is 1. The van der Waals surface area contributed by atoms with E-state index in [2.05, 4.69) is 23.6 Å². The van der Waals surface area contributed by atoms with Gasteiger partial charge in [-0.15, -0.1) is 11.3 Å². The molecule has 0 spiro atoms. The number of carbonyl (C=O) groups is 1. The van der Waals surface area contributed by atoms with Crippen LogP contribution < -0.4 is 15.4 Å². The zero-order valence-electron chi connectivity index (χ0n) is 17.4. The van der Waals surface area contributed by atoms with E-state index in [1.807, 2.05) is 30.3 Å². The van der Waals surface area contributed by atoms with Crippen LogP contribution in [-0.2, 0) is 5.41 Å². The molecule has 0 radical (unpaired) electrons. The first kappa shape index (κ1) is 21.7. The molecule has 1 unspecified atom stereocenters. The summed E-state index contributed by atoms with van der Waals surface area (Å²) in [6.45, 7) is 5.25. The number of anilines is 1. The molecule has 1 aliphatic rings. The average molecular weight is 417 g/mol. The summed E-state index contributed by atoms with van der Waals surface area (Å²) >= 11 is 1.67. The second-order valence-electron chi connectivity index (χ2n) is 7.90. The number of hydrogen-bond donors (Lipinski definition) is 3. The number of amides is 2. The highest BCUT2D eigenvalue weighted by atomic mass is 32.1. The van der Waals surface area contributed by atoms with Gasteiger partial charge in [0.15, 0.2) is 0 Å². The molecule has 1 aliphatic carbocycles. The van der Waals surface area contributed by atoms with Gasteiger partial charge in [-0.1, -0.05) is 26.2 Å². The number of nitrogens with one attached hydrogen (secondary N) is 2. The minimum Gasteiger partial charge on any atom is -0.494 e. The van der Waals surface area contributed by atoms with E-state index < -0.39 is 6.10 Å². The number of aliphatic hydroxyl groups is 1. The predicted octanol–water partition coefficient (Wildman–Crippen LogP) is 5.61. The van der Waals surface area contributed by atoms with Gasteiger partial charge in [0.2, 0.25) is 0 Å². The van der Waals surface area contributed by atoms with Crippen molar-refractivity contribution in [1.82, 2.24) is 5.32 Å². The molecule has 5 nitrogen and oxygen atoms in total. The molecule has 1 atom stereocenters. The van der Waals surface area contributed by atoms with E-state index in [1.165, 1.54) is 17.7 Å². The Hall–Kier alpha value is -2.05. The molecule has 1 saturated carbocycles. The summed E-state index contributed by atoms with van der Waals surface area (Å²) < 4.78 is 5.66. The molecule has 1 aromatic heterocycles. The number of carbonyl (C=O) groups excluding carboxylic acids is 1. The Morgan fingerprint density at radius 3 is 2.55 bits per heavy atom. The lowest BCUT2D eigenvalue weighted by atomic mass is 9.84. The lowest BCUT2D eigenvalue weighted by molar-refractivity contribution is 0.203. The van der Waals surface area contributed by atoms with E-state index in [-0.39, 0.29) is 11.4 Å². The van der Waals surface area contributed by atoms with Crippen LogP contribution in [0.1, 0.15) is 68.2 Å². The van der Waals surface area contributed by atoms with Gasteiger partial charge in [0.1, 0.15) is 5.75 Å². The van der Waals surface area contributed by atoms with Crippen molar-refractivity contribution in [3.63, 3.8) is 0 Å². The highest BCUT2D eigenvalue weighted by Crippen LogP contribution is 2.44. The minimum atomic E-state index is -0.447. The fourth-order valence-electron chi connectivity index (χ4n) is 3.82. The second kappa shape index (κ2) is 10.1. The molecule has 3 N–H and O–H groups in total. The normalized spacial score (nSPS) is 16.4. The fraction of sp³-hybridized carbons (Fsp3) is 0.522. The predicted molar refractivity (Wildman–Crippen MR) is 119 cm³/mol. The molecule has 3 rings (SSSR count). The number of rotatable bonds is 9. The van der Waals surface area contributed by atoms with Gasteiger partial charge in [0.05, 0.1) is 12.7 Å². The van der Waals surface area contributed by atoms with Crippen LogP contribution in [0.2, 0.25) is 0 Å². The van der Waals surface area contributed by atoms with Crippen LogP contribution in [0.4, 0.5) is 10.5 Å². The molecule has 1 heterocycles. The Kier molecular flexibility index (Phi) is 7.56. The van der Waals surface area contributed by atoms with Crippen molar-refractivity contribution in [3.05, 3.63) is 46.2 Å². The molecule has 1 aromatic carbocycles. The molecule has 158 valence electrons. The average Bonchev–Trinajstić information content (AvgIpc) is 3.38. The molecule has 1 fully saturated rings. The van der Waals surface area contributed by atoms with Crippen molar-refractivity contribution in [3.8, 4) is 5.75 Å². The number of thiophene rings is 1. The van der Waals surface area contributed by atoms with Crippen molar-refractivity contribution in [2.45, 2.75) is 63.9 Å². The van der Waals surface area contributed by atoms with Gasteiger partial charge in [-0.05, 0) is 62.6 Å². The maximum absolute atomic E-state index is 12.5. The zero-order chi connectivity index (χ0) is 20.7. The smallest absolute Gasteiger partial charge is 0.319 e. The minimum absolute atomic E-state index is 0.0217. The monoisotopic (exact) mass is 416 g/mol. The fourth-order valence-corrected chi connectivity index (χ4v) is 5.01. The summed E-state index contributed by atoms with van der Waals surface area (Å²) in [5.41, 5.74) is 0.727. The third kappa shape index (κ3) is 5.73. The molecule has 0 aliphatic heterocycles. The standard InChI is InChI=1S/C23H32N2O3S/c1-3-4-15-28-19-9-7-18(8-10-19)25-22(27)24-16-23(13-5-6-14-23)21-12-11-20(29-21)17(2)26/h7-12,17,26H,3-6,13-16H2,1-2H3,(H2,24,25,27). The van der Waals surface area contributed by atoms with Gasteiger partial charge >= 0.3 is 6.03 Å². The van der Waals surface area contributed by atoms with Gasteiger partial charge in [-0.3, -0.25) is 0 Å². The van der Waals surface area contributed by atoms with Crippen LogP contribution in [0.5, 0.6) is 5.75 Å². The molecule has 29 heavy (non-hydrogen) atoms. The summed E-state index contributed by atoms with van der Waals surface area (Å²) in [5, 5.41) is 15.8. The van der Waals surface area contributed by atoms with Crippen LogP contribution in [-0.4, -0.2) is 24.3 Å². The highest BCUT2D eigenvalue weighted by Gasteiger charge is 2.37. The Morgan fingerprint density at radius 2 is 1.93 bits per heavy atom. The van der Waals surface area contributed by atoms with E-state index >= 15 is 0 Å². The third-order valence-electron chi connectivity index (χ3n) is 5.59. The zero-order valence-corrected chi connectivity index (χ0v) is 18.2.